The van der Waals surface area contributed by atoms with Crippen LogP contribution in [0.15, 0.2) is 30.3 Å². The smallest absolute Gasteiger partial charge is 0.317 e. The van der Waals surface area contributed by atoms with E-state index in [0.717, 1.165) is 5.56 Å². The molecule has 1 aliphatic heterocycles. The summed E-state index contributed by atoms with van der Waals surface area (Å²) in [6.07, 6.45) is 0.629. The predicted molar refractivity (Wildman–Crippen MR) is 91.7 cm³/mol. The Morgan fingerprint density at radius 1 is 1.36 bits per heavy atom. The fourth-order valence-corrected chi connectivity index (χ4v) is 3.77. The molecular formula is C15H20N6O3S. The lowest BCUT2D eigenvalue weighted by Gasteiger charge is -2.16. The van der Waals surface area contributed by atoms with Crippen LogP contribution in [0.2, 0.25) is 0 Å². The number of hydrogen-bond donors (Lipinski definition) is 3. The van der Waals surface area contributed by atoms with E-state index >= 15 is 0 Å². The molecule has 0 spiro atoms. The molecule has 1 unspecified atom stereocenters. The van der Waals surface area contributed by atoms with Gasteiger partial charge in [-0.15, -0.1) is 0 Å². The Morgan fingerprint density at radius 3 is 2.84 bits per heavy atom. The van der Waals surface area contributed by atoms with Crippen molar-refractivity contribution in [2.45, 2.75) is 13.0 Å². The SMILES string of the molecule is NS(=O)(=O)CC1CCN(C(=O)NCc2nc(-c3ccccc3)n[nH]2)C1. The second-order valence-corrected chi connectivity index (χ2v) is 7.72. The Labute approximate surface area is 145 Å². The number of nitrogens with zero attached hydrogens (tertiary/aromatic N) is 3. The monoisotopic (exact) mass is 364 g/mol. The van der Waals surface area contributed by atoms with E-state index in [-0.39, 0.29) is 24.2 Å². The number of rotatable bonds is 5. The van der Waals surface area contributed by atoms with Gasteiger partial charge in [-0.05, 0) is 12.3 Å². The molecule has 1 fully saturated rings. The number of likely N-dealkylation sites (tertiary alicyclic amines) is 1. The average Bonchev–Trinajstić information content (AvgIpc) is 3.21. The molecule has 1 aliphatic rings. The predicted octanol–water partition coefficient (Wildman–Crippen LogP) is 0.292. The minimum atomic E-state index is -3.52. The van der Waals surface area contributed by atoms with Crippen LogP contribution >= 0.6 is 0 Å². The van der Waals surface area contributed by atoms with Crippen molar-refractivity contribution in [3.05, 3.63) is 36.2 Å². The molecule has 25 heavy (non-hydrogen) atoms. The fraction of sp³-hybridized carbons (Fsp3) is 0.400. The molecule has 2 heterocycles. The van der Waals surface area contributed by atoms with Gasteiger partial charge in [0.15, 0.2) is 5.82 Å². The number of nitrogens with one attached hydrogen (secondary N) is 2. The Balaban J connectivity index is 1.51. The molecule has 134 valence electrons. The van der Waals surface area contributed by atoms with Crippen molar-refractivity contribution in [1.82, 2.24) is 25.4 Å². The maximum atomic E-state index is 12.2. The number of aromatic nitrogens is 3. The summed E-state index contributed by atoms with van der Waals surface area (Å²) in [4.78, 5) is 18.1. The highest BCUT2D eigenvalue weighted by Gasteiger charge is 2.28. The van der Waals surface area contributed by atoms with Crippen LogP contribution in [0.4, 0.5) is 4.79 Å². The van der Waals surface area contributed by atoms with Gasteiger partial charge < -0.3 is 10.2 Å². The van der Waals surface area contributed by atoms with Crippen LogP contribution in [0.25, 0.3) is 11.4 Å². The van der Waals surface area contributed by atoms with Gasteiger partial charge in [0.1, 0.15) is 5.82 Å². The number of amides is 2. The number of urea groups is 1. The zero-order valence-corrected chi connectivity index (χ0v) is 14.4. The van der Waals surface area contributed by atoms with E-state index in [1.165, 1.54) is 0 Å². The molecule has 1 saturated heterocycles. The molecule has 0 aliphatic carbocycles. The third kappa shape index (κ3) is 4.77. The van der Waals surface area contributed by atoms with Gasteiger partial charge in [-0.3, -0.25) is 5.10 Å². The summed E-state index contributed by atoms with van der Waals surface area (Å²) in [5.41, 5.74) is 0.890. The molecule has 2 amide bonds. The zero-order valence-electron chi connectivity index (χ0n) is 13.6. The number of hydrogen-bond acceptors (Lipinski definition) is 5. The van der Waals surface area contributed by atoms with Gasteiger partial charge in [-0.2, -0.15) is 5.10 Å². The first-order chi connectivity index (χ1) is 11.9. The topological polar surface area (TPSA) is 134 Å². The molecule has 4 N–H and O–H groups in total. The van der Waals surface area contributed by atoms with Crippen molar-refractivity contribution in [3.8, 4) is 11.4 Å². The zero-order chi connectivity index (χ0) is 17.9. The van der Waals surface area contributed by atoms with Gasteiger partial charge in [0, 0.05) is 18.7 Å². The van der Waals surface area contributed by atoms with Crippen molar-refractivity contribution in [3.63, 3.8) is 0 Å². The molecule has 1 aromatic carbocycles. The molecule has 0 saturated carbocycles. The van der Waals surface area contributed by atoms with Crippen LogP contribution in [0.5, 0.6) is 0 Å². The van der Waals surface area contributed by atoms with Gasteiger partial charge >= 0.3 is 6.03 Å². The third-order valence-electron chi connectivity index (χ3n) is 4.01. The van der Waals surface area contributed by atoms with Gasteiger partial charge in [-0.1, -0.05) is 30.3 Å². The highest BCUT2D eigenvalue weighted by atomic mass is 32.2. The number of aromatic amines is 1. The number of benzene rings is 1. The number of carbonyl (C=O) groups is 1. The van der Waals surface area contributed by atoms with Crippen molar-refractivity contribution in [2.75, 3.05) is 18.8 Å². The number of nitrogens with two attached hydrogens (primary N) is 1. The minimum Gasteiger partial charge on any atom is -0.331 e. The third-order valence-corrected chi connectivity index (χ3v) is 4.95. The molecular weight excluding hydrogens is 344 g/mol. The molecule has 10 heteroatoms. The Hall–Kier alpha value is -2.46. The summed E-state index contributed by atoms with van der Waals surface area (Å²) in [6, 6.07) is 9.27. The summed E-state index contributed by atoms with van der Waals surface area (Å²) < 4.78 is 22.3. The second kappa shape index (κ2) is 7.19. The molecule has 0 bridgehead atoms. The molecule has 0 radical (unpaired) electrons. The summed E-state index contributed by atoms with van der Waals surface area (Å²) in [6.45, 7) is 1.11. The van der Waals surface area contributed by atoms with Gasteiger partial charge in [0.05, 0.1) is 12.3 Å². The van der Waals surface area contributed by atoms with Crippen molar-refractivity contribution >= 4 is 16.1 Å². The van der Waals surface area contributed by atoms with Crippen LogP contribution in [0, 0.1) is 5.92 Å². The fourth-order valence-electron chi connectivity index (χ4n) is 2.84. The van der Waals surface area contributed by atoms with Crippen LogP contribution < -0.4 is 10.5 Å². The van der Waals surface area contributed by atoms with Crippen LogP contribution in [-0.2, 0) is 16.6 Å². The summed E-state index contributed by atoms with van der Waals surface area (Å²) >= 11 is 0. The summed E-state index contributed by atoms with van der Waals surface area (Å²) in [5, 5.41) is 14.7. The standard InChI is InChI=1S/C15H20N6O3S/c16-25(23,24)10-11-6-7-21(9-11)15(22)17-8-13-18-14(20-19-13)12-4-2-1-3-5-12/h1-5,11H,6-10H2,(H,17,22)(H2,16,23,24)(H,18,19,20). The Morgan fingerprint density at radius 2 is 2.12 bits per heavy atom. The molecule has 3 rings (SSSR count). The van der Waals surface area contributed by atoms with E-state index in [4.69, 9.17) is 5.14 Å². The lowest BCUT2D eigenvalue weighted by Crippen LogP contribution is -2.38. The van der Waals surface area contributed by atoms with Crippen molar-refractivity contribution < 1.29 is 13.2 Å². The lowest BCUT2D eigenvalue weighted by molar-refractivity contribution is 0.206. The maximum Gasteiger partial charge on any atom is 0.317 e. The Kier molecular flexibility index (Phi) is 5.00. The second-order valence-electron chi connectivity index (χ2n) is 6.06. The maximum absolute atomic E-state index is 12.2. The van der Waals surface area contributed by atoms with Gasteiger partial charge in [-0.25, -0.2) is 23.3 Å². The minimum absolute atomic E-state index is 0.0979. The largest absolute Gasteiger partial charge is 0.331 e. The molecule has 9 nitrogen and oxygen atoms in total. The molecule has 2 aromatic rings. The number of primary sulfonamides is 1. The lowest BCUT2D eigenvalue weighted by atomic mass is 10.2. The molecule has 1 aromatic heterocycles. The Bertz CT molecular complexity index is 836. The highest BCUT2D eigenvalue weighted by molar-refractivity contribution is 7.89. The molecule has 1 atom stereocenters. The first kappa shape index (κ1) is 17.4. The number of sulfonamides is 1. The summed E-state index contributed by atoms with van der Waals surface area (Å²) in [7, 11) is -3.52. The first-order valence-electron chi connectivity index (χ1n) is 7.90. The van der Waals surface area contributed by atoms with Gasteiger partial charge in [0.25, 0.3) is 0 Å². The first-order valence-corrected chi connectivity index (χ1v) is 9.62. The van der Waals surface area contributed by atoms with Crippen LogP contribution in [0.3, 0.4) is 0 Å². The van der Waals surface area contributed by atoms with E-state index in [0.29, 0.717) is 31.2 Å². The number of carbonyl (C=O) groups excluding carboxylic acids is 1. The van der Waals surface area contributed by atoms with E-state index in [2.05, 4.69) is 20.5 Å². The van der Waals surface area contributed by atoms with E-state index in [1.54, 1.807) is 4.90 Å². The van der Waals surface area contributed by atoms with Crippen molar-refractivity contribution in [2.24, 2.45) is 11.1 Å². The van der Waals surface area contributed by atoms with Crippen molar-refractivity contribution in [1.29, 1.82) is 0 Å². The van der Waals surface area contributed by atoms with Crippen LogP contribution in [0.1, 0.15) is 12.2 Å². The number of H-pyrrole nitrogens is 1. The van der Waals surface area contributed by atoms with Crippen LogP contribution in [-0.4, -0.2) is 53.4 Å². The van der Waals surface area contributed by atoms with Gasteiger partial charge in [0.2, 0.25) is 10.0 Å². The van der Waals surface area contributed by atoms with E-state index in [1.807, 2.05) is 30.3 Å². The summed E-state index contributed by atoms with van der Waals surface area (Å²) in [5.74, 6) is 0.904. The highest BCUT2D eigenvalue weighted by Crippen LogP contribution is 2.17. The normalized spacial score (nSPS) is 17.6. The van der Waals surface area contributed by atoms with E-state index < -0.39 is 10.0 Å². The quantitative estimate of drug-likeness (QED) is 0.701. The average molecular weight is 364 g/mol. The van der Waals surface area contributed by atoms with E-state index in [9.17, 15) is 13.2 Å².